The van der Waals surface area contributed by atoms with Crippen molar-refractivity contribution in [2.45, 2.75) is 26.3 Å². The van der Waals surface area contributed by atoms with Gasteiger partial charge in [0, 0.05) is 30.3 Å². The van der Waals surface area contributed by atoms with Crippen molar-refractivity contribution in [1.82, 2.24) is 19.1 Å². The van der Waals surface area contributed by atoms with Gasteiger partial charge in [-0.15, -0.1) is 5.10 Å². The Morgan fingerprint density at radius 2 is 2.40 bits per heavy atom. The van der Waals surface area contributed by atoms with Crippen molar-refractivity contribution < 1.29 is 0 Å². The summed E-state index contributed by atoms with van der Waals surface area (Å²) in [4.78, 5) is 4.29. The van der Waals surface area contributed by atoms with Crippen LogP contribution in [0.4, 0.5) is 0 Å². The Morgan fingerprint density at radius 3 is 3.07 bits per heavy atom. The predicted molar refractivity (Wildman–Crippen MR) is 60.2 cm³/mol. The van der Waals surface area contributed by atoms with E-state index in [-0.39, 0.29) is 0 Å². The molecule has 2 heterocycles. The molecule has 0 unspecified atom stereocenters. The zero-order valence-electron chi connectivity index (χ0n) is 8.35. The Morgan fingerprint density at radius 1 is 1.53 bits per heavy atom. The van der Waals surface area contributed by atoms with E-state index in [9.17, 15) is 0 Å². The SMILES string of the molecule is CCCc1nccn1Cc1nnsc1Cl. The number of hydrogen-bond donors (Lipinski definition) is 0. The highest BCUT2D eigenvalue weighted by atomic mass is 35.5. The molecule has 0 aliphatic rings. The number of aromatic nitrogens is 4. The molecule has 0 aliphatic carbocycles. The molecule has 0 bridgehead atoms. The molecular weight excluding hydrogens is 232 g/mol. The van der Waals surface area contributed by atoms with Gasteiger partial charge in [-0.1, -0.05) is 23.0 Å². The maximum atomic E-state index is 5.95. The van der Waals surface area contributed by atoms with Gasteiger partial charge in [-0.2, -0.15) is 0 Å². The molecule has 0 saturated carbocycles. The lowest BCUT2D eigenvalue weighted by molar-refractivity contribution is 0.691. The quantitative estimate of drug-likeness (QED) is 0.827. The number of halogens is 1. The van der Waals surface area contributed by atoms with Crippen molar-refractivity contribution in [1.29, 1.82) is 0 Å². The average molecular weight is 243 g/mol. The molecule has 4 nitrogen and oxygen atoms in total. The molecule has 80 valence electrons. The summed E-state index contributed by atoms with van der Waals surface area (Å²) in [7, 11) is 0. The molecular formula is C9H11ClN4S. The van der Waals surface area contributed by atoms with E-state index in [4.69, 9.17) is 11.6 Å². The van der Waals surface area contributed by atoms with Crippen LogP contribution in [0.2, 0.25) is 4.34 Å². The minimum absolute atomic E-state index is 0.657. The molecule has 0 aliphatic heterocycles. The van der Waals surface area contributed by atoms with E-state index >= 15 is 0 Å². The summed E-state index contributed by atoms with van der Waals surface area (Å²) in [5.41, 5.74) is 0.817. The van der Waals surface area contributed by atoms with E-state index in [1.807, 2.05) is 6.20 Å². The molecule has 0 radical (unpaired) electrons. The Labute approximate surface area is 97.1 Å². The highest BCUT2D eigenvalue weighted by Crippen LogP contribution is 2.18. The van der Waals surface area contributed by atoms with Crippen LogP contribution in [0.15, 0.2) is 12.4 Å². The Balaban J connectivity index is 2.17. The van der Waals surface area contributed by atoms with Crippen LogP contribution in [-0.2, 0) is 13.0 Å². The molecule has 0 fully saturated rings. The molecule has 0 amide bonds. The van der Waals surface area contributed by atoms with Crippen LogP contribution in [0, 0.1) is 0 Å². The first-order chi connectivity index (χ1) is 7.31. The Hall–Kier alpha value is -0.940. The van der Waals surface area contributed by atoms with Gasteiger partial charge in [0.15, 0.2) is 0 Å². The van der Waals surface area contributed by atoms with Crippen molar-refractivity contribution in [3.05, 3.63) is 28.2 Å². The van der Waals surface area contributed by atoms with Gasteiger partial charge in [-0.05, 0) is 6.42 Å². The zero-order valence-corrected chi connectivity index (χ0v) is 9.92. The van der Waals surface area contributed by atoms with Crippen molar-refractivity contribution in [3.63, 3.8) is 0 Å². The number of hydrogen-bond acceptors (Lipinski definition) is 4. The maximum absolute atomic E-state index is 5.95. The van der Waals surface area contributed by atoms with Gasteiger partial charge in [-0.25, -0.2) is 4.98 Å². The van der Waals surface area contributed by atoms with Gasteiger partial charge in [0.25, 0.3) is 0 Å². The lowest BCUT2D eigenvalue weighted by Crippen LogP contribution is -2.04. The second-order valence-electron chi connectivity index (χ2n) is 3.21. The molecule has 0 N–H and O–H groups in total. The third kappa shape index (κ3) is 2.35. The van der Waals surface area contributed by atoms with Crippen molar-refractivity contribution in [2.75, 3.05) is 0 Å². The highest BCUT2D eigenvalue weighted by Gasteiger charge is 2.08. The van der Waals surface area contributed by atoms with Crippen LogP contribution in [-0.4, -0.2) is 19.1 Å². The summed E-state index contributed by atoms with van der Waals surface area (Å²) in [6.07, 6.45) is 5.81. The van der Waals surface area contributed by atoms with Gasteiger partial charge >= 0.3 is 0 Å². The van der Waals surface area contributed by atoms with Crippen molar-refractivity contribution in [2.24, 2.45) is 0 Å². The normalized spacial score (nSPS) is 10.8. The van der Waals surface area contributed by atoms with E-state index in [0.29, 0.717) is 10.9 Å². The smallest absolute Gasteiger partial charge is 0.139 e. The summed E-state index contributed by atoms with van der Waals surface area (Å²) in [6, 6.07) is 0. The minimum atomic E-state index is 0.657. The molecule has 0 atom stereocenters. The third-order valence-electron chi connectivity index (χ3n) is 2.10. The van der Waals surface area contributed by atoms with E-state index in [1.54, 1.807) is 6.20 Å². The maximum Gasteiger partial charge on any atom is 0.139 e. The first-order valence-corrected chi connectivity index (χ1v) is 5.93. The average Bonchev–Trinajstić information content (AvgIpc) is 2.80. The fourth-order valence-corrected chi connectivity index (χ4v) is 2.00. The van der Waals surface area contributed by atoms with E-state index in [1.165, 1.54) is 11.5 Å². The second kappa shape index (κ2) is 4.72. The first-order valence-electron chi connectivity index (χ1n) is 4.78. The lowest BCUT2D eigenvalue weighted by Gasteiger charge is -2.04. The molecule has 6 heteroatoms. The van der Waals surface area contributed by atoms with Crippen LogP contribution in [0.25, 0.3) is 0 Å². The number of aryl methyl sites for hydroxylation is 1. The molecule has 2 aromatic heterocycles. The third-order valence-corrected chi connectivity index (χ3v) is 3.09. The van der Waals surface area contributed by atoms with Crippen LogP contribution in [0.5, 0.6) is 0 Å². The van der Waals surface area contributed by atoms with Crippen LogP contribution < -0.4 is 0 Å². The summed E-state index contributed by atoms with van der Waals surface area (Å²) >= 11 is 7.16. The Kier molecular flexibility index (Phi) is 3.33. The van der Waals surface area contributed by atoms with Crippen molar-refractivity contribution >= 4 is 23.1 Å². The van der Waals surface area contributed by atoms with E-state index in [0.717, 1.165) is 24.4 Å². The fourth-order valence-electron chi connectivity index (χ4n) is 1.39. The fraction of sp³-hybridized carbons (Fsp3) is 0.444. The largest absolute Gasteiger partial charge is 0.329 e. The number of nitrogens with zero attached hydrogens (tertiary/aromatic N) is 4. The summed E-state index contributed by atoms with van der Waals surface area (Å²) in [5.74, 6) is 1.07. The van der Waals surface area contributed by atoms with Gasteiger partial charge in [0.1, 0.15) is 15.9 Å². The highest BCUT2D eigenvalue weighted by molar-refractivity contribution is 7.10. The van der Waals surface area contributed by atoms with Gasteiger partial charge < -0.3 is 4.57 Å². The Bertz CT molecular complexity index is 437. The van der Waals surface area contributed by atoms with Crippen LogP contribution in [0.3, 0.4) is 0 Å². The number of rotatable bonds is 4. The number of imidazole rings is 1. The summed E-state index contributed by atoms with van der Waals surface area (Å²) in [6.45, 7) is 2.79. The molecule has 0 spiro atoms. The summed E-state index contributed by atoms with van der Waals surface area (Å²) < 4.78 is 6.52. The zero-order chi connectivity index (χ0) is 10.7. The lowest BCUT2D eigenvalue weighted by atomic mass is 10.3. The van der Waals surface area contributed by atoms with Gasteiger partial charge in [-0.3, -0.25) is 0 Å². The minimum Gasteiger partial charge on any atom is -0.329 e. The summed E-state index contributed by atoms with van der Waals surface area (Å²) in [5, 5.41) is 3.98. The van der Waals surface area contributed by atoms with E-state index < -0.39 is 0 Å². The topological polar surface area (TPSA) is 43.6 Å². The van der Waals surface area contributed by atoms with Crippen LogP contribution >= 0.6 is 23.1 Å². The molecule has 15 heavy (non-hydrogen) atoms. The first kappa shape index (κ1) is 10.6. The van der Waals surface area contributed by atoms with E-state index in [2.05, 4.69) is 26.1 Å². The van der Waals surface area contributed by atoms with Gasteiger partial charge in [0.2, 0.25) is 0 Å². The molecule has 0 saturated heterocycles. The molecule has 2 aromatic rings. The van der Waals surface area contributed by atoms with Crippen LogP contribution in [0.1, 0.15) is 24.9 Å². The molecule has 2 rings (SSSR count). The monoisotopic (exact) mass is 242 g/mol. The second-order valence-corrected chi connectivity index (χ2v) is 4.57. The molecule has 0 aromatic carbocycles. The van der Waals surface area contributed by atoms with Gasteiger partial charge in [0.05, 0.1) is 6.54 Å². The standard InChI is InChI=1S/C9H11ClN4S/c1-2-3-8-11-4-5-14(8)6-7-9(10)15-13-12-7/h4-5H,2-3,6H2,1H3. The van der Waals surface area contributed by atoms with Crippen molar-refractivity contribution in [3.8, 4) is 0 Å². The predicted octanol–water partition coefficient (Wildman–Crippen LogP) is 2.39.